The van der Waals surface area contributed by atoms with Crippen LogP contribution in [0.25, 0.3) is 0 Å². The molecule has 3 fully saturated rings. The van der Waals surface area contributed by atoms with Gasteiger partial charge in [-0.2, -0.15) is 0 Å². The van der Waals surface area contributed by atoms with Gasteiger partial charge in [0.2, 0.25) is 5.91 Å². The third kappa shape index (κ3) is 3.29. The van der Waals surface area contributed by atoms with Crippen LogP contribution in [0.3, 0.4) is 0 Å². The quantitative estimate of drug-likeness (QED) is 0.829. The topological polar surface area (TPSA) is 35.6 Å². The van der Waals surface area contributed by atoms with Gasteiger partial charge >= 0.3 is 0 Å². The first-order valence-corrected chi connectivity index (χ1v) is 8.05. The first-order valence-electron chi connectivity index (χ1n) is 8.05. The van der Waals surface area contributed by atoms with E-state index in [0.717, 1.165) is 45.7 Å². The minimum Gasteiger partial charge on any atom is -0.339 e. The Balaban J connectivity index is 1.50. The predicted octanol–water partition coefficient (Wildman–Crippen LogP) is 1.07. The number of carbonyl (C=O) groups is 1. The van der Waals surface area contributed by atoms with Gasteiger partial charge in [0.15, 0.2) is 0 Å². The average Bonchev–Trinajstić information content (AvgIpc) is 2.82. The van der Waals surface area contributed by atoms with E-state index in [1.54, 1.807) is 0 Å². The summed E-state index contributed by atoms with van der Waals surface area (Å²) in [4.78, 5) is 17.0. The second kappa shape index (κ2) is 6.23. The van der Waals surface area contributed by atoms with Gasteiger partial charge in [0.1, 0.15) is 0 Å². The summed E-state index contributed by atoms with van der Waals surface area (Å²) in [6, 6.07) is 0.564. The van der Waals surface area contributed by atoms with Gasteiger partial charge in [-0.1, -0.05) is 19.3 Å². The van der Waals surface area contributed by atoms with Crippen LogP contribution in [0, 0.1) is 5.92 Å². The SMILES string of the molecule is O=C1CC(CN2CCNCC2)CN1C1CCCCC1. The van der Waals surface area contributed by atoms with E-state index in [1.807, 2.05) is 0 Å². The monoisotopic (exact) mass is 265 g/mol. The second-order valence-corrected chi connectivity index (χ2v) is 6.46. The first-order chi connectivity index (χ1) is 9.33. The predicted molar refractivity (Wildman–Crippen MR) is 76.0 cm³/mol. The van der Waals surface area contributed by atoms with E-state index in [9.17, 15) is 4.79 Å². The molecule has 4 nitrogen and oxygen atoms in total. The summed E-state index contributed by atoms with van der Waals surface area (Å²) in [7, 11) is 0. The zero-order valence-corrected chi connectivity index (χ0v) is 11.9. The molecular formula is C15H27N3O. The summed E-state index contributed by atoms with van der Waals surface area (Å²) in [6.07, 6.45) is 7.27. The van der Waals surface area contributed by atoms with Crippen LogP contribution in [0.2, 0.25) is 0 Å². The van der Waals surface area contributed by atoms with Crippen molar-refractivity contribution in [3.05, 3.63) is 0 Å². The van der Waals surface area contributed by atoms with E-state index < -0.39 is 0 Å². The number of likely N-dealkylation sites (tertiary alicyclic amines) is 1. The molecule has 0 radical (unpaired) electrons. The normalized spacial score (nSPS) is 31.1. The highest BCUT2D eigenvalue weighted by atomic mass is 16.2. The Morgan fingerprint density at radius 2 is 1.84 bits per heavy atom. The van der Waals surface area contributed by atoms with Crippen LogP contribution in [0.1, 0.15) is 38.5 Å². The number of hydrogen-bond donors (Lipinski definition) is 1. The molecule has 1 amide bonds. The van der Waals surface area contributed by atoms with E-state index in [-0.39, 0.29) is 0 Å². The second-order valence-electron chi connectivity index (χ2n) is 6.46. The van der Waals surface area contributed by atoms with E-state index in [4.69, 9.17) is 0 Å². The highest BCUT2D eigenvalue weighted by Gasteiger charge is 2.35. The molecule has 1 saturated carbocycles. The largest absolute Gasteiger partial charge is 0.339 e. The van der Waals surface area contributed by atoms with Crippen LogP contribution in [0.15, 0.2) is 0 Å². The smallest absolute Gasteiger partial charge is 0.223 e. The fraction of sp³-hybridized carbons (Fsp3) is 0.933. The highest BCUT2D eigenvalue weighted by molar-refractivity contribution is 5.79. The van der Waals surface area contributed by atoms with E-state index in [2.05, 4.69) is 15.1 Å². The fourth-order valence-electron chi connectivity index (χ4n) is 3.94. The Hall–Kier alpha value is -0.610. The Labute approximate surface area is 116 Å². The zero-order valence-electron chi connectivity index (χ0n) is 11.9. The molecule has 3 aliphatic rings. The fourth-order valence-corrected chi connectivity index (χ4v) is 3.94. The van der Waals surface area contributed by atoms with Crippen LogP contribution in [-0.2, 0) is 4.79 Å². The Morgan fingerprint density at radius 1 is 1.11 bits per heavy atom. The van der Waals surface area contributed by atoms with E-state index >= 15 is 0 Å². The van der Waals surface area contributed by atoms with Crippen molar-refractivity contribution >= 4 is 5.91 Å². The van der Waals surface area contributed by atoms with E-state index in [0.29, 0.717) is 17.9 Å². The van der Waals surface area contributed by atoms with Crippen molar-refractivity contribution in [3.8, 4) is 0 Å². The van der Waals surface area contributed by atoms with Gasteiger partial charge in [-0.05, 0) is 18.8 Å². The summed E-state index contributed by atoms with van der Waals surface area (Å²) in [5, 5.41) is 3.39. The molecule has 1 atom stereocenters. The minimum absolute atomic E-state index is 0.423. The molecule has 1 N–H and O–H groups in total. The van der Waals surface area contributed by atoms with Crippen LogP contribution in [-0.4, -0.2) is 61.0 Å². The zero-order chi connectivity index (χ0) is 13.1. The minimum atomic E-state index is 0.423. The van der Waals surface area contributed by atoms with Crippen LogP contribution >= 0.6 is 0 Å². The molecule has 2 heterocycles. The van der Waals surface area contributed by atoms with Gasteiger partial charge in [0.05, 0.1) is 0 Å². The molecule has 0 bridgehead atoms. The molecule has 3 rings (SSSR count). The maximum Gasteiger partial charge on any atom is 0.223 e. The van der Waals surface area contributed by atoms with Crippen molar-refractivity contribution in [3.63, 3.8) is 0 Å². The van der Waals surface area contributed by atoms with Crippen molar-refractivity contribution in [1.29, 1.82) is 0 Å². The van der Waals surface area contributed by atoms with Crippen LogP contribution in [0.4, 0.5) is 0 Å². The molecule has 1 aliphatic carbocycles. The number of nitrogens with one attached hydrogen (secondary N) is 1. The number of hydrogen-bond acceptors (Lipinski definition) is 3. The Morgan fingerprint density at radius 3 is 2.58 bits per heavy atom. The number of nitrogens with zero attached hydrogens (tertiary/aromatic N) is 2. The molecule has 0 aromatic rings. The lowest BCUT2D eigenvalue weighted by Gasteiger charge is -2.32. The number of rotatable bonds is 3. The molecule has 2 saturated heterocycles. The summed E-state index contributed by atoms with van der Waals surface area (Å²) in [5.41, 5.74) is 0. The molecule has 2 aliphatic heterocycles. The van der Waals surface area contributed by atoms with Crippen LogP contribution in [0.5, 0.6) is 0 Å². The number of piperazine rings is 1. The van der Waals surface area contributed by atoms with Gasteiger partial charge in [0.25, 0.3) is 0 Å². The van der Waals surface area contributed by atoms with Crippen LogP contribution < -0.4 is 5.32 Å². The third-order valence-electron chi connectivity index (χ3n) is 4.98. The van der Waals surface area contributed by atoms with Crippen molar-refractivity contribution in [1.82, 2.24) is 15.1 Å². The lowest BCUT2D eigenvalue weighted by atomic mass is 9.94. The average molecular weight is 265 g/mol. The van der Waals surface area contributed by atoms with Gasteiger partial charge in [0, 0.05) is 51.7 Å². The molecular weight excluding hydrogens is 238 g/mol. The lowest BCUT2D eigenvalue weighted by Crippen LogP contribution is -2.45. The molecule has 108 valence electrons. The highest BCUT2D eigenvalue weighted by Crippen LogP contribution is 2.28. The number of amides is 1. The van der Waals surface area contributed by atoms with Crippen molar-refractivity contribution in [2.45, 2.75) is 44.6 Å². The van der Waals surface area contributed by atoms with Crippen molar-refractivity contribution in [2.24, 2.45) is 5.92 Å². The molecule has 0 aromatic carbocycles. The summed E-state index contributed by atoms with van der Waals surface area (Å²) in [5.74, 6) is 1.000. The maximum absolute atomic E-state index is 12.2. The number of carbonyl (C=O) groups excluding carboxylic acids is 1. The Kier molecular flexibility index (Phi) is 4.38. The molecule has 4 heteroatoms. The molecule has 19 heavy (non-hydrogen) atoms. The van der Waals surface area contributed by atoms with Gasteiger partial charge in [-0.3, -0.25) is 4.79 Å². The van der Waals surface area contributed by atoms with Crippen molar-refractivity contribution in [2.75, 3.05) is 39.3 Å². The van der Waals surface area contributed by atoms with Gasteiger partial charge in [-0.15, -0.1) is 0 Å². The Bertz CT molecular complexity index is 309. The summed E-state index contributed by atoms with van der Waals surface area (Å²) in [6.45, 7) is 6.65. The van der Waals surface area contributed by atoms with E-state index in [1.165, 1.54) is 32.1 Å². The molecule has 1 unspecified atom stereocenters. The molecule has 0 spiro atoms. The summed E-state index contributed by atoms with van der Waals surface area (Å²) >= 11 is 0. The lowest BCUT2D eigenvalue weighted by molar-refractivity contribution is -0.130. The molecule has 0 aromatic heterocycles. The van der Waals surface area contributed by atoms with Gasteiger partial charge < -0.3 is 15.1 Å². The first kappa shape index (κ1) is 13.4. The van der Waals surface area contributed by atoms with Gasteiger partial charge in [-0.25, -0.2) is 0 Å². The standard InChI is InChI=1S/C15H27N3O/c19-15-10-13(11-17-8-6-16-7-9-17)12-18(15)14-4-2-1-3-5-14/h13-14,16H,1-12H2. The maximum atomic E-state index is 12.2. The third-order valence-corrected chi connectivity index (χ3v) is 4.98. The van der Waals surface area contributed by atoms with Crippen molar-refractivity contribution < 1.29 is 4.79 Å². The summed E-state index contributed by atoms with van der Waals surface area (Å²) < 4.78 is 0.